The molecular formula is C18H22N2O3. The third-order valence-electron chi connectivity index (χ3n) is 3.64. The van der Waals surface area contributed by atoms with E-state index in [1.165, 1.54) is 5.56 Å². The number of nitrogens with one attached hydrogen (secondary N) is 2. The summed E-state index contributed by atoms with van der Waals surface area (Å²) in [7, 11) is 3.18. The third-order valence-corrected chi connectivity index (χ3v) is 3.64. The van der Waals surface area contributed by atoms with E-state index in [4.69, 9.17) is 9.47 Å². The molecule has 23 heavy (non-hydrogen) atoms. The highest BCUT2D eigenvalue weighted by Gasteiger charge is 2.08. The average molecular weight is 314 g/mol. The minimum atomic E-state index is -0.127. The van der Waals surface area contributed by atoms with Gasteiger partial charge in [0.1, 0.15) is 11.5 Å². The van der Waals surface area contributed by atoms with E-state index < -0.39 is 0 Å². The van der Waals surface area contributed by atoms with E-state index in [0.717, 1.165) is 11.3 Å². The molecule has 122 valence electrons. The number of rotatable bonds is 6. The molecule has 0 radical (unpaired) electrons. The highest BCUT2D eigenvalue weighted by atomic mass is 16.5. The van der Waals surface area contributed by atoms with Crippen LogP contribution in [-0.2, 0) is 4.79 Å². The molecular weight excluding hydrogens is 292 g/mol. The van der Waals surface area contributed by atoms with E-state index in [-0.39, 0.29) is 12.5 Å². The second-order valence-corrected chi connectivity index (χ2v) is 5.27. The lowest BCUT2D eigenvalue weighted by Gasteiger charge is -2.13. The van der Waals surface area contributed by atoms with Crippen molar-refractivity contribution in [3.63, 3.8) is 0 Å². The number of methoxy groups -OCH3 is 2. The molecule has 0 aromatic heterocycles. The van der Waals surface area contributed by atoms with Crippen molar-refractivity contribution in [3.8, 4) is 11.5 Å². The lowest BCUT2D eigenvalue weighted by molar-refractivity contribution is -0.114. The lowest BCUT2D eigenvalue weighted by Crippen LogP contribution is -2.22. The first-order valence-electron chi connectivity index (χ1n) is 7.36. The summed E-state index contributed by atoms with van der Waals surface area (Å²) in [4.78, 5) is 12.1. The van der Waals surface area contributed by atoms with Gasteiger partial charge in [-0.05, 0) is 49.2 Å². The molecule has 5 heteroatoms. The van der Waals surface area contributed by atoms with Crippen molar-refractivity contribution in [1.82, 2.24) is 0 Å². The first kappa shape index (κ1) is 16.7. The number of carbonyl (C=O) groups is 1. The molecule has 2 aromatic carbocycles. The summed E-state index contributed by atoms with van der Waals surface area (Å²) in [6.45, 7) is 4.19. The van der Waals surface area contributed by atoms with E-state index in [9.17, 15) is 4.79 Å². The number of carbonyl (C=O) groups excluding carboxylic acids is 1. The normalized spacial score (nSPS) is 10.1. The molecule has 1 amide bonds. The molecule has 2 aromatic rings. The summed E-state index contributed by atoms with van der Waals surface area (Å²) in [5.74, 6) is 1.23. The second kappa shape index (κ2) is 7.54. The van der Waals surface area contributed by atoms with Crippen molar-refractivity contribution in [2.45, 2.75) is 13.8 Å². The van der Waals surface area contributed by atoms with Crippen LogP contribution in [0.5, 0.6) is 11.5 Å². The van der Waals surface area contributed by atoms with E-state index in [1.807, 2.05) is 32.0 Å². The van der Waals surface area contributed by atoms with Gasteiger partial charge in [-0.25, -0.2) is 0 Å². The molecule has 0 spiro atoms. The molecule has 2 N–H and O–H groups in total. The Hall–Kier alpha value is -2.69. The molecule has 0 aliphatic heterocycles. The number of hydrogen-bond donors (Lipinski definition) is 2. The molecule has 0 atom stereocenters. The van der Waals surface area contributed by atoms with Gasteiger partial charge in [-0.1, -0.05) is 6.07 Å². The Kier molecular flexibility index (Phi) is 5.46. The molecule has 0 saturated carbocycles. The first-order valence-corrected chi connectivity index (χ1v) is 7.36. The highest BCUT2D eigenvalue weighted by molar-refractivity contribution is 5.94. The second-order valence-electron chi connectivity index (χ2n) is 5.27. The van der Waals surface area contributed by atoms with Crippen molar-refractivity contribution in [1.29, 1.82) is 0 Å². The summed E-state index contributed by atoms with van der Waals surface area (Å²) in [5, 5.41) is 5.94. The maximum Gasteiger partial charge on any atom is 0.243 e. The zero-order chi connectivity index (χ0) is 16.8. The zero-order valence-electron chi connectivity index (χ0n) is 13.9. The maximum absolute atomic E-state index is 12.1. The molecule has 0 aliphatic rings. The van der Waals surface area contributed by atoms with Crippen molar-refractivity contribution in [3.05, 3.63) is 47.5 Å². The fourth-order valence-electron chi connectivity index (χ4n) is 2.15. The predicted octanol–water partition coefficient (Wildman–Crippen LogP) is 3.37. The van der Waals surface area contributed by atoms with Crippen LogP contribution in [-0.4, -0.2) is 26.7 Å². The fraction of sp³-hybridized carbons (Fsp3) is 0.278. The van der Waals surface area contributed by atoms with Crippen LogP contribution in [0.2, 0.25) is 0 Å². The van der Waals surface area contributed by atoms with Crippen LogP contribution in [0.15, 0.2) is 36.4 Å². The Morgan fingerprint density at radius 1 is 1.00 bits per heavy atom. The van der Waals surface area contributed by atoms with Gasteiger partial charge in [0.2, 0.25) is 5.91 Å². The van der Waals surface area contributed by atoms with Crippen LogP contribution in [0.25, 0.3) is 0 Å². The smallest absolute Gasteiger partial charge is 0.243 e. The Morgan fingerprint density at radius 2 is 1.78 bits per heavy atom. The van der Waals surface area contributed by atoms with Crippen LogP contribution >= 0.6 is 0 Å². The molecule has 0 fully saturated rings. The van der Waals surface area contributed by atoms with Crippen molar-refractivity contribution >= 4 is 17.3 Å². The van der Waals surface area contributed by atoms with Crippen LogP contribution in [0, 0.1) is 13.8 Å². The van der Waals surface area contributed by atoms with Crippen LogP contribution in [0.4, 0.5) is 11.4 Å². The van der Waals surface area contributed by atoms with E-state index >= 15 is 0 Å². The summed E-state index contributed by atoms with van der Waals surface area (Å²) >= 11 is 0. The Labute approximate surface area is 136 Å². The lowest BCUT2D eigenvalue weighted by atomic mass is 10.1. The Morgan fingerprint density at radius 3 is 2.43 bits per heavy atom. The Bertz CT molecular complexity index is 699. The minimum absolute atomic E-state index is 0.127. The number of amides is 1. The van der Waals surface area contributed by atoms with Crippen molar-refractivity contribution < 1.29 is 14.3 Å². The van der Waals surface area contributed by atoms with Gasteiger partial charge >= 0.3 is 0 Å². The molecule has 5 nitrogen and oxygen atoms in total. The molecule has 0 saturated heterocycles. The molecule has 0 unspecified atom stereocenters. The number of hydrogen-bond acceptors (Lipinski definition) is 4. The monoisotopic (exact) mass is 314 g/mol. The zero-order valence-corrected chi connectivity index (χ0v) is 13.9. The highest BCUT2D eigenvalue weighted by Crippen LogP contribution is 2.28. The first-order chi connectivity index (χ1) is 11.0. The van der Waals surface area contributed by atoms with Gasteiger partial charge in [0.15, 0.2) is 0 Å². The molecule has 2 rings (SSSR count). The SMILES string of the molecule is COc1ccc(OC)c(NCC(=O)Nc2ccc(C)c(C)c2)c1. The average Bonchev–Trinajstić information content (AvgIpc) is 2.56. The summed E-state index contributed by atoms with van der Waals surface area (Å²) in [6, 6.07) is 11.2. The molecule has 0 aliphatic carbocycles. The number of aryl methyl sites for hydroxylation is 2. The van der Waals surface area contributed by atoms with Crippen LogP contribution in [0.1, 0.15) is 11.1 Å². The van der Waals surface area contributed by atoms with E-state index in [1.54, 1.807) is 32.4 Å². The summed E-state index contributed by atoms with van der Waals surface area (Å²) in [6.07, 6.45) is 0. The number of benzene rings is 2. The summed E-state index contributed by atoms with van der Waals surface area (Å²) < 4.78 is 10.5. The van der Waals surface area contributed by atoms with Gasteiger partial charge in [0.05, 0.1) is 26.5 Å². The maximum atomic E-state index is 12.1. The van der Waals surface area contributed by atoms with E-state index in [2.05, 4.69) is 10.6 Å². The van der Waals surface area contributed by atoms with E-state index in [0.29, 0.717) is 17.2 Å². The Balaban J connectivity index is 2.00. The van der Waals surface area contributed by atoms with Crippen LogP contribution < -0.4 is 20.1 Å². The predicted molar refractivity (Wildman–Crippen MR) is 92.6 cm³/mol. The number of ether oxygens (including phenoxy) is 2. The standard InChI is InChI=1S/C18H22N2O3/c1-12-5-6-14(9-13(12)2)20-18(21)11-19-16-10-15(22-3)7-8-17(16)23-4/h5-10,19H,11H2,1-4H3,(H,20,21). The number of anilines is 2. The van der Waals surface area contributed by atoms with Crippen molar-refractivity contribution in [2.75, 3.05) is 31.4 Å². The largest absolute Gasteiger partial charge is 0.497 e. The topological polar surface area (TPSA) is 59.6 Å². The fourth-order valence-corrected chi connectivity index (χ4v) is 2.15. The van der Waals surface area contributed by atoms with Gasteiger partial charge in [-0.3, -0.25) is 4.79 Å². The van der Waals surface area contributed by atoms with Gasteiger partial charge < -0.3 is 20.1 Å². The van der Waals surface area contributed by atoms with Gasteiger partial charge in [0.25, 0.3) is 0 Å². The third kappa shape index (κ3) is 4.39. The quantitative estimate of drug-likeness (QED) is 0.858. The van der Waals surface area contributed by atoms with Crippen LogP contribution in [0.3, 0.4) is 0 Å². The van der Waals surface area contributed by atoms with Gasteiger partial charge in [-0.2, -0.15) is 0 Å². The molecule has 0 heterocycles. The summed E-state index contributed by atoms with van der Waals surface area (Å²) in [5.41, 5.74) is 3.84. The van der Waals surface area contributed by atoms with Gasteiger partial charge in [0, 0.05) is 11.8 Å². The van der Waals surface area contributed by atoms with Gasteiger partial charge in [-0.15, -0.1) is 0 Å². The van der Waals surface area contributed by atoms with Crippen molar-refractivity contribution in [2.24, 2.45) is 0 Å². The minimum Gasteiger partial charge on any atom is -0.497 e. The molecule has 0 bridgehead atoms.